The third-order valence-electron chi connectivity index (χ3n) is 4.43. The van der Waals surface area contributed by atoms with E-state index in [9.17, 15) is 14.7 Å². The average Bonchev–Trinajstić information content (AvgIpc) is 2.98. The molecule has 2 heterocycles. The van der Waals surface area contributed by atoms with Crippen LogP contribution in [0.4, 0.5) is 0 Å². The number of carbonyl (C=O) groups is 1. The first-order chi connectivity index (χ1) is 11.0. The van der Waals surface area contributed by atoms with Crippen LogP contribution in [0.5, 0.6) is 5.75 Å². The predicted molar refractivity (Wildman–Crippen MR) is 84.3 cm³/mol. The van der Waals surface area contributed by atoms with Gasteiger partial charge >= 0.3 is 11.6 Å². The molecule has 1 aromatic heterocycles. The molecular formula is C17H19NO5. The first-order valence-corrected chi connectivity index (χ1v) is 7.58. The lowest BCUT2D eigenvalue weighted by Crippen LogP contribution is -2.36. The lowest BCUT2D eigenvalue weighted by molar-refractivity contribution is -0.146. The van der Waals surface area contributed by atoms with Gasteiger partial charge in [0.2, 0.25) is 0 Å². The molecule has 0 saturated carbocycles. The molecule has 0 bridgehead atoms. The molecule has 1 unspecified atom stereocenters. The largest absolute Gasteiger partial charge is 0.508 e. The molecule has 1 N–H and O–H groups in total. The first-order valence-electron chi connectivity index (χ1n) is 7.58. The van der Waals surface area contributed by atoms with E-state index in [-0.39, 0.29) is 17.8 Å². The highest BCUT2D eigenvalue weighted by molar-refractivity contribution is 5.85. The zero-order valence-electron chi connectivity index (χ0n) is 13.2. The molecule has 1 aromatic carbocycles. The van der Waals surface area contributed by atoms with E-state index in [1.807, 2.05) is 4.90 Å². The number of methoxy groups -OCH3 is 1. The number of fused-ring (bicyclic) bond motifs is 1. The number of hydrogen-bond acceptors (Lipinski definition) is 6. The summed E-state index contributed by atoms with van der Waals surface area (Å²) >= 11 is 0. The number of nitrogens with zero attached hydrogens (tertiary/aromatic N) is 1. The summed E-state index contributed by atoms with van der Waals surface area (Å²) in [5, 5.41) is 10.6. The minimum absolute atomic E-state index is 0.0893. The van der Waals surface area contributed by atoms with Crippen LogP contribution in [-0.2, 0) is 16.1 Å². The van der Waals surface area contributed by atoms with Crippen LogP contribution in [0.25, 0.3) is 11.0 Å². The Morgan fingerprint density at radius 2 is 2.26 bits per heavy atom. The molecule has 1 aliphatic heterocycles. The van der Waals surface area contributed by atoms with Gasteiger partial charge in [0, 0.05) is 23.6 Å². The minimum atomic E-state index is -0.463. The standard InChI is InChI=1S/C17H19NO5/c1-10-14(19)6-5-12-11(8-15(20)23-16(10)12)9-18-7-3-4-13(18)17(21)22-2/h5-6,8,13,19H,3-4,7,9H2,1-2H3. The number of hydrogen-bond donors (Lipinski definition) is 1. The van der Waals surface area contributed by atoms with E-state index in [2.05, 4.69) is 0 Å². The molecule has 1 aliphatic rings. The average molecular weight is 317 g/mol. The van der Waals surface area contributed by atoms with Crippen molar-refractivity contribution in [2.24, 2.45) is 0 Å². The highest BCUT2D eigenvalue weighted by Crippen LogP contribution is 2.29. The maximum atomic E-state index is 11.9. The number of esters is 1. The Labute approximate surface area is 133 Å². The molecule has 0 amide bonds. The van der Waals surface area contributed by atoms with E-state index in [0.29, 0.717) is 17.7 Å². The molecule has 122 valence electrons. The van der Waals surface area contributed by atoms with Crippen LogP contribution >= 0.6 is 0 Å². The van der Waals surface area contributed by atoms with Gasteiger partial charge in [-0.1, -0.05) is 0 Å². The van der Waals surface area contributed by atoms with Crippen molar-refractivity contribution in [3.8, 4) is 5.75 Å². The Balaban J connectivity index is 2.02. The normalized spacial score (nSPS) is 18.4. The molecule has 1 atom stereocenters. The smallest absolute Gasteiger partial charge is 0.336 e. The maximum absolute atomic E-state index is 11.9. The van der Waals surface area contributed by atoms with Gasteiger partial charge in [0.05, 0.1) is 7.11 Å². The number of benzene rings is 1. The minimum Gasteiger partial charge on any atom is -0.508 e. The topological polar surface area (TPSA) is 80.0 Å². The quantitative estimate of drug-likeness (QED) is 0.688. The van der Waals surface area contributed by atoms with Crippen LogP contribution < -0.4 is 5.63 Å². The summed E-state index contributed by atoms with van der Waals surface area (Å²) in [6, 6.07) is 4.49. The second kappa shape index (κ2) is 6.04. The van der Waals surface area contributed by atoms with Gasteiger partial charge in [-0.3, -0.25) is 9.69 Å². The van der Waals surface area contributed by atoms with Crippen LogP contribution in [0.15, 0.2) is 27.4 Å². The fourth-order valence-electron chi connectivity index (χ4n) is 3.18. The SMILES string of the molecule is COC(=O)C1CCCN1Cc1cc(=O)oc2c(C)c(O)ccc12. The van der Waals surface area contributed by atoms with Crippen molar-refractivity contribution in [2.75, 3.05) is 13.7 Å². The van der Waals surface area contributed by atoms with Crippen LogP contribution in [-0.4, -0.2) is 35.7 Å². The number of phenolic OH excluding ortho intramolecular Hbond substituents is 1. The Morgan fingerprint density at radius 3 is 3.00 bits per heavy atom. The Morgan fingerprint density at radius 1 is 1.48 bits per heavy atom. The molecule has 1 fully saturated rings. The molecule has 2 aromatic rings. The molecule has 0 spiro atoms. The Kier molecular flexibility index (Phi) is 4.09. The number of likely N-dealkylation sites (tertiary alicyclic amines) is 1. The van der Waals surface area contributed by atoms with E-state index in [1.165, 1.54) is 13.2 Å². The lowest BCUT2D eigenvalue weighted by atomic mass is 10.1. The zero-order chi connectivity index (χ0) is 16.6. The highest BCUT2D eigenvalue weighted by atomic mass is 16.5. The van der Waals surface area contributed by atoms with Crippen LogP contribution in [0.2, 0.25) is 0 Å². The van der Waals surface area contributed by atoms with Crippen molar-refractivity contribution < 1.29 is 19.1 Å². The number of carbonyl (C=O) groups excluding carboxylic acids is 1. The lowest BCUT2D eigenvalue weighted by Gasteiger charge is -2.22. The van der Waals surface area contributed by atoms with Gasteiger partial charge in [0.15, 0.2) is 0 Å². The number of ether oxygens (including phenoxy) is 1. The van der Waals surface area contributed by atoms with Gasteiger partial charge in [-0.05, 0) is 44.0 Å². The fraction of sp³-hybridized carbons (Fsp3) is 0.412. The molecule has 1 saturated heterocycles. The van der Waals surface area contributed by atoms with E-state index in [0.717, 1.165) is 30.3 Å². The summed E-state index contributed by atoms with van der Waals surface area (Å²) in [7, 11) is 1.39. The van der Waals surface area contributed by atoms with Crippen molar-refractivity contribution in [1.29, 1.82) is 0 Å². The van der Waals surface area contributed by atoms with Crippen molar-refractivity contribution in [2.45, 2.75) is 32.4 Å². The molecule has 0 aliphatic carbocycles. The number of rotatable bonds is 3. The Bertz CT molecular complexity index is 810. The van der Waals surface area contributed by atoms with Gasteiger partial charge in [0.25, 0.3) is 0 Å². The zero-order valence-corrected chi connectivity index (χ0v) is 13.2. The van der Waals surface area contributed by atoms with Crippen molar-refractivity contribution >= 4 is 16.9 Å². The summed E-state index contributed by atoms with van der Waals surface area (Å²) in [6.45, 7) is 2.95. The summed E-state index contributed by atoms with van der Waals surface area (Å²) in [4.78, 5) is 25.7. The summed E-state index contributed by atoms with van der Waals surface area (Å²) in [6.07, 6.45) is 1.67. The van der Waals surface area contributed by atoms with E-state index in [1.54, 1.807) is 19.1 Å². The summed E-state index contributed by atoms with van der Waals surface area (Å²) in [5.74, 6) is -0.157. The molecule has 23 heavy (non-hydrogen) atoms. The second-order valence-corrected chi connectivity index (χ2v) is 5.83. The van der Waals surface area contributed by atoms with E-state index < -0.39 is 5.63 Å². The summed E-state index contributed by atoms with van der Waals surface area (Å²) < 4.78 is 10.1. The van der Waals surface area contributed by atoms with Crippen molar-refractivity contribution in [3.05, 3.63) is 39.7 Å². The monoisotopic (exact) mass is 317 g/mol. The predicted octanol–water partition coefficient (Wildman–Crippen LogP) is 1.94. The molecule has 6 nitrogen and oxygen atoms in total. The fourth-order valence-corrected chi connectivity index (χ4v) is 3.18. The number of aromatic hydroxyl groups is 1. The van der Waals surface area contributed by atoms with Gasteiger partial charge in [-0.15, -0.1) is 0 Å². The van der Waals surface area contributed by atoms with Crippen LogP contribution in [0.3, 0.4) is 0 Å². The highest BCUT2D eigenvalue weighted by Gasteiger charge is 2.31. The maximum Gasteiger partial charge on any atom is 0.336 e. The molecular weight excluding hydrogens is 298 g/mol. The first kappa shape index (κ1) is 15.6. The van der Waals surface area contributed by atoms with Gasteiger partial charge < -0.3 is 14.3 Å². The number of aryl methyl sites for hydroxylation is 1. The third kappa shape index (κ3) is 2.82. The van der Waals surface area contributed by atoms with Crippen molar-refractivity contribution in [1.82, 2.24) is 4.90 Å². The van der Waals surface area contributed by atoms with E-state index >= 15 is 0 Å². The van der Waals surface area contributed by atoms with Crippen LogP contribution in [0.1, 0.15) is 24.0 Å². The van der Waals surface area contributed by atoms with Gasteiger partial charge in [-0.2, -0.15) is 0 Å². The van der Waals surface area contributed by atoms with E-state index in [4.69, 9.17) is 9.15 Å². The molecule has 0 radical (unpaired) electrons. The second-order valence-electron chi connectivity index (χ2n) is 5.83. The van der Waals surface area contributed by atoms with Gasteiger partial charge in [0.1, 0.15) is 17.4 Å². The third-order valence-corrected chi connectivity index (χ3v) is 4.43. The van der Waals surface area contributed by atoms with Gasteiger partial charge in [-0.25, -0.2) is 4.79 Å². The number of phenols is 1. The molecule has 3 rings (SSSR count). The van der Waals surface area contributed by atoms with Crippen molar-refractivity contribution in [3.63, 3.8) is 0 Å². The van der Waals surface area contributed by atoms with Crippen LogP contribution in [0, 0.1) is 6.92 Å². The Hall–Kier alpha value is -2.34. The molecule has 6 heteroatoms. The summed E-state index contributed by atoms with van der Waals surface area (Å²) in [5.41, 5.74) is 1.25.